The number of hydrogen-bond acceptors (Lipinski definition) is 3. The molecular weight excluding hydrogens is 275 g/mol. The fourth-order valence-electron chi connectivity index (χ4n) is 2.62. The Labute approximate surface area is 122 Å². The van der Waals surface area contributed by atoms with Crippen molar-refractivity contribution in [3.8, 4) is 0 Å². The minimum Gasteiger partial charge on any atom is -0.481 e. The van der Waals surface area contributed by atoms with Crippen LogP contribution in [0.4, 0.5) is 15.8 Å². The molecule has 0 aromatic heterocycles. The van der Waals surface area contributed by atoms with Gasteiger partial charge in [-0.05, 0) is 43.9 Å². The van der Waals surface area contributed by atoms with Crippen LogP contribution in [0.25, 0.3) is 0 Å². The van der Waals surface area contributed by atoms with Crippen molar-refractivity contribution in [2.45, 2.75) is 38.6 Å². The highest BCUT2D eigenvalue weighted by atomic mass is 19.1. The summed E-state index contributed by atoms with van der Waals surface area (Å²) in [7, 11) is 0. The van der Waals surface area contributed by atoms with Crippen LogP contribution in [0.15, 0.2) is 18.2 Å². The lowest BCUT2D eigenvalue weighted by molar-refractivity contribution is -0.142. The zero-order valence-electron chi connectivity index (χ0n) is 11.9. The summed E-state index contributed by atoms with van der Waals surface area (Å²) >= 11 is 0. The van der Waals surface area contributed by atoms with E-state index in [9.17, 15) is 14.0 Å². The Balaban J connectivity index is 1.97. The van der Waals surface area contributed by atoms with Gasteiger partial charge in [0.2, 0.25) is 5.91 Å². The molecule has 0 radical (unpaired) electrons. The van der Waals surface area contributed by atoms with Crippen molar-refractivity contribution in [2.75, 3.05) is 10.6 Å². The third-order valence-electron chi connectivity index (χ3n) is 3.72. The summed E-state index contributed by atoms with van der Waals surface area (Å²) in [6.45, 7) is 1.33. The number of nitrogens with one attached hydrogen (secondary N) is 2. The molecule has 1 aromatic rings. The quantitative estimate of drug-likeness (QED) is 0.798. The molecule has 3 N–H and O–H groups in total. The van der Waals surface area contributed by atoms with Crippen molar-refractivity contribution in [3.05, 3.63) is 24.0 Å². The van der Waals surface area contributed by atoms with E-state index in [2.05, 4.69) is 10.6 Å². The molecule has 1 aliphatic rings. The van der Waals surface area contributed by atoms with Gasteiger partial charge in [-0.25, -0.2) is 4.39 Å². The molecule has 1 saturated carbocycles. The molecule has 0 spiro atoms. The molecule has 21 heavy (non-hydrogen) atoms. The van der Waals surface area contributed by atoms with Gasteiger partial charge in [0.15, 0.2) is 0 Å². The Morgan fingerprint density at radius 1 is 1.24 bits per heavy atom. The lowest BCUT2D eigenvalue weighted by atomic mass is 9.86. The smallest absolute Gasteiger partial charge is 0.306 e. The summed E-state index contributed by atoms with van der Waals surface area (Å²) in [5.74, 6) is -1.80. The van der Waals surface area contributed by atoms with Gasteiger partial charge < -0.3 is 15.7 Å². The number of hydrogen-bond donors (Lipinski definition) is 3. The van der Waals surface area contributed by atoms with Crippen LogP contribution >= 0.6 is 0 Å². The van der Waals surface area contributed by atoms with E-state index >= 15 is 0 Å². The van der Waals surface area contributed by atoms with Gasteiger partial charge in [0.25, 0.3) is 0 Å². The van der Waals surface area contributed by atoms with Crippen molar-refractivity contribution in [1.82, 2.24) is 0 Å². The zero-order valence-corrected chi connectivity index (χ0v) is 11.9. The molecular formula is C15H19FN2O3. The predicted molar refractivity (Wildman–Crippen MR) is 77.7 cm³/mol. The maximum absolute atomic E-state index is 13.5. The van der Waals surface area contributed by atoms with E-state index in [0.717, 1.165) is 18.5 Å². The maximum Gasteiger partial charge on any atom is 0.306 e. The highest BCUT2D eigenvalue weighted by Crippen LogP contribution is 2.28. The van der Waals surface area contributed by atoms with Gasteiger partial charge in [-0.2, -0.15) is 0 Å². The third-order valence-corrected chi connectivity index (χ3v) is 3.72. The minimum absolute atomic E-state index is 0.145. The Bertz CT molecular complexity index is 540. The molecule has 0 heterocycles. The standard InChI is InChI=1S/C15H19FN2O3/c1-9(19)17-14-8-12(6-7-13(14)16)18-11-4-2-10(3-5-11)15(20)21/h6-8,10-11,18H,2-5H2,1H3,(H,17,19)(H,20,21). The van der Waals surface area contributed by atoms with Crippen molar-refractivity contribution in [2.24, 2.45) is 5.92 Å². The first kappa shape index (κ1) is 15.3. The van der Waals surface area contributed by atoms with Crippen molar-refractivity contribution in [1.29, 1.82) is 0 Å². The van der Waals surface area contributed by atoms with E-state index in [0.29, 0.717) is 12.8 Å². The SMILES string of the molecule is CC(=O)Nc1cc(NC2CCC(C(=O)O)CC2)ccc1F. The van der Waals surface area contributed by atoms with Crippen LogP contribution in [0, 0.1) is 11.7 Å². The van der Waals surface area contributed by atoms with Crippen LogP contribution in [-0.4, -0.2) is 23.0 Å². The molecule has 0 unspecified atom stereocenters. The van der Waals surface area contributed by atoms with Gasteiger partial charge in [0, 0.05) is 18.7 Å². The summed E-state index contributed by atoms with van der Waals surface area (Å²) < 4.78 is 13.5. The second kappa shape index (κ2) is 6.56. The summed E-state index contributed by atoms with van der Waals surface area (Å²) in [5.41, 5.74) is 0.866. The van der Waals surface area contributed by atoms with Crippen LogP contribution in [0.5, 0.6) is 0 Å². The van der Waals surface area contributed by atoms with Gasteiger partial charge in [-0.1, -0.05) is 0 Å². The van der Waals surface area contributed by atoms with Gasteiger partial charge >= 0.3 is 5.97 Å². The topological polar surface area (TPSA) is 78.4 Å². The molecule has 0 saturated heterocycles. The molecule has 5 nitrogen and oxygen atoms in total. The molecule has 1 aliphatic carbocycles. The molecule has 1 aromatic carbocycles. The van der Waals surface area contributed by atoms with E-state index < -0.39 is 11.8 Å². The van der Waals surface area contributed by atoms with Crippen LogP contribution in [0.2, 0.25) is 0 Å². The van der Waals surface area contributed by atoms with Crippen molar-refractivity contribution >= 4 is 23.3 Å². The Morgan fingerprint density at radius 3 is 2.48 bits per heavy atom. The summed E-state index contributed by atoms with van der Waals surface area (Å²) in [6.07, 6.45) is 2.83. The number of aliphatic carboxylic acids is 1. The first-order valence-corrected chi connectivity index (χ1v) is 7.02. The van der Waals surface area contributed by atoms with Gasteiger partial charge in [0.05, 0.1) is 11.6 Å². The predicted octanol–water partition coefficient (Wildman–Crippen LogP) is 2.84. The van der Waals surface area contributed by atoms with Crippen molar-refractivity contribution < 1.29 is 19.1 Å². The van der Waals surface area contributed by atoms with E-state index in [1.807, 2.05) is 0 Å². The zero-order chi connectivity index (χ0) is 15.4. The van der Waals surface area contributed by atoms with Crippen LogP contribution in [-0.2, 0) is 9.59 Å². The first-order valence-electron chi connectivity index (χ1n) is 7.02. The lowest BCUT2D eigenvalue weighted by Crippen LogP contribution is -2.29. The van der Waals surface area contributed by atoms with E-state index in [-0.39, 0.29) is 23.6 Å². The second-order valence-corrected chi connectivity index (χ2v) is 5.41. The Hall–Kier alpha value is -2.11. The molecule has 1 amide bonds. The lowest BCUT2D eigenvalue weighted by Gasteiger charge is -2.27. The highest BCUT2D eigenvalue weighted by molar-refractivity contribution is 5.89. The number of carboxylic acid groups (broad SMARTS) is 1. The number of benzene rings is 1. The van der Waals surface area contributed by atoms with Gasteiger partial charge in [-0.15, -0.1) is 0 Å². The first-order chi connectivity index (χ1) is 9.95. The normalized spacial score (nSPS) is 21.6. The average molecular weight is 294 g/mol. The maximum atomic E-state index is 13.5. The molecule has 6 heteroatoms. The summed E-state index contributed by atoms with van der Waals surface area (Å²) in [6, 6.07) is 4.65. The number of carbonyl (C=O) groups is 2. The molecule has 1 fully saturated rings. The van der Waals surface area contributed by atoms with Crippen LogP contribution in [0.1, 0.15) is 32.6 Å². The van der Waals surface area contributed by atoms with E-state index in [4.69, 9.17) is 5.11 Å². The van der Waals surface area contributed by atoms with E-state index in [1.54, 1.807) is 12.1 Å². The molecule has 114 valence electrons. The largest absolute Gasteiger partial charge is 0.481 e. The number of carboxylic acids is 1. The molecule has 0 atom stereocenters. The number of rotatable bonds is 4. The average Bonchev–Trinajstić information content (AvgIpc) is 2.42. The van der Waals surface area contributed by atoms with Gasteiger partial charge in [0.1, 0.15) is 5.82 Å². The third kappa shape index (κ3) is 4.18. The molecule has 2 rings (SSSR count). The van der Waals surface area contributed by atoms with E-state index in [1.165, 1.54) is 13.0 Å². The molecule has 0 aliphatic heterocycles. The fourth-order valence-corrected chi connectivity index (χ4v) is 2.62. The fraction of sp³-hybridized carbons (Fsp3) is 0.467. The minimum atomic E-state index is -0.733. The monoisotopic (exact) mass is 294 g/mol. The molecule has 0 bridgehead atoms. The number of amides is 1. The van der Waals surface area contributed by atoms with Crippen LogP contribution < -0.4 is 10.6 Å². The second-order valence-electron chi connectivity index (χ2n) is 5.41. The number of carbonyl (C=O) groups excluding carboxylic acids is 1. The van der Waals surface area contributed by atoms with Crippen molar-refractivity contribution in [3.63, 3.8) is 0 Å². The number of halogens is 1. The number of anilines is 2. The Morgan fingerprint density at radius 2 is 1.90 bits per heavy atom. The highest BCUT2D eigenvalue weighted by Gasteiger charge is 2.25. The van der Waals surface area contributed by atoms with Gasteiger partial charge in [-0.3, -0.25) is 9.59 Å². The summed E-state index contributed by atoms with van der Waals surface area (Å²) in [5, 5.41) is 14.7. The van der Waals surface area contributed by atoms with Crippen LogP contribution in [0.3, 0.4) is 0 Å². The Kier molecular flexibility index (Phi) is 4.77. The summed E-state index contributed by atoms with van der Waals surface area (Å²) in [4.78, 5) is 21.9.